The average molecular weight is 213 g/mol. The quantitative estimate of drug-likeness (QED) is 0.411. The van der Waals surface area contributed by atoms with Gasteiger partial charge < -0.3 is 0 Å². The molecule has 0 fully saturated rings. The van der Waals surface area contributed by atoms with Crippen molar-refractivity contribution in [2.75, 3.05) is 0 Å². The fourth-order valence-electron chi connectivity index (χ4n) is 0.111. The summed E-state index contributed by atoms with van der Waals surface area (Å²) < 4.78 is 21.9. The Morgan fingerprint density at radius 2 is 2.11 bits per heavy atom. The Morgan fingerprint density at radius 1 is 1.78 bits per heavy atom. The zero-order chi connectivity index (χ0) is 7.65. The number of halogens is 3. The first-order valence-electron chi connectivity index (χ1n) is 1.62. The summed E-state index contributed by atoms with van der Waals surface area (Å²) in [4.78, 5) is -1.58. The topological polar surface area (TPSA) is 46.3 Å². The zero-order valence-electron chi connectivity index (χ0n) is 3.96. The summed E-state index contributed by atoms with van der Waals surface area (Å²) in [5.74, 6) is 0. The third kappa shape index (κ3) is 3.49. The largest absolute Gasteiger partial charge is 0.236 e. The summed E-state index contributed by atoms with van der Waals surface area (Å²) in [7, 11) is -3.57. The third-order valence-electron chi connectivity index (χ3n) is 0.397. The molecule has 0 saturated heterocycles. The molecular formula is CH3Cl2FN2OS2. The predicted octanol–water partition coefficient (Wildman–Crippen LogP) is 0.469. The number of hydrogen-bond acceptors (Lipinski definition) is 2. The second-order valence-corrected chi connectivity index (χ2v) is 4.93. The Labute approximate surface area is 66.8 Å². The molecule has 0 radical (unpaired) electrons. The highest BCUT2D eigenvalue weighted by molar-refractivity contribution is 8.30. The summed E-state index contributed by atoms with van der Waals surface area (Å²) in [5.41, 5.74) is 0. The normalized spacial score (nSPS) is 18.4. The van der Waals surface area contributed by atoms with E-state index < -0.39 is 18.4 Å². The van der Waals surface area contributed by atoms with Gasteiger partial charge in [0, 0.05) is 11.2 Å². The number of hydrogen-bond donors (Lipinski definition) is 1. The molecule has 0 rings (SSSR count). The Bertz CT molecular complexity index is 179. The zero-order valence-corrected chi connectivity index (χ0v) is 7.11. The van der Waals surface area contributed by atoms with Gasteiger partial charge in [0.2, 0.25) is 4.96 Å². The van der Waals surface area contributed by atoms with E-state index in [2.05, 4.69) is 16.3 Å². The summed E-state index contributed by atoms with van der Waals surface area (Å²) in [5, 5.41) is 4.60. The minimum atomic E-state index is -3.57. The highest BCUT2D eigenvalue weighted by atomic mass is 35.5. The third-order valence-corrected chi connectivity index (χ3v) is 2.10. The molecule has 9 heavy (non-hydrogen) atoms. The van der Waals surface area contributed by atoms with Gasteiger partial charge in [-0.1, -0.05) is 23.2 Å². The van der Waals surface area contributed by atoms with Gasteiger partial charge in [-0.3, -0.25) is 0 Å². The molecule has 0 aliphatic rings. The van der Waals surface area contributed by atoms with Gasteiger partial charge in [-0.2, -0.15) is 0 Å². The molecule has 0 heterocycles. The van der Waals surface area contributed by atoms with Crippen LogP contribution in [0.15, 0.2) is 0 Å². The van der Waals surface area contributed by atoms with Crippen LogP contribution in [0.1, 0.15) is 0 Å². The summed E-state index contributed by atoms with van der Waals surface area (Å²) >= 11 is 13.8. The lowest BCUT2D eigenvalue weighted by molar-refractivity contribution is 0.162. The van der Waals surface area contributed by atoms with Gasteiger partial charge in [0.25, 0.3) is 0 Å². The first-order valence-corrected chi connectivity index (χ1v) is 4.99. The molecule has 0 aliphatic heterocycles. The molecule has 0 aromatic heterocycles. The predicted molar refractivity (Wildman–Crippen MR) is 38.1 cm³/mol. The Balaban J connectivity index is 4.24. The second kappa shape index (κ2) is 3.27. The van der Waals surface area contributed by atoms with Crippen molar-refractivity contribution in [1.29, 1.82) is 0 Å². The van der Waals surface area contributed by atoms with E-state index in [1.807, 2.05) is 0 Å². The highest BCUT2D eigenvalue weighted by Crippen LogP contribution is 2.12. The van der Waals surface area contributed by atoms with E-state index in [4.69, 9.17) is 23.2 Å². The smallest absolute Gasteiger partial charge is 0.202 e. The summed E-state index contributed by atoms with van der Waals surface area (Å²) in [6.45, 7) is 0. The van der Waals surface area contributed by atoms with Crippen LogP contribution >= 0.6 is 23.2 Å². The monoisotopic (exact) mass is 212 g/mol. The van der Waals surface area contributed by atoms with E-state index >= 15 is 0 Å². The van der Waals surface area contributed by atoms with E-state index in [0.717, 1.165) is 0 Å². The van der Waals surface area contributed by atoms with Crippen molar-refractivity contribution < 1.29 is 8.69 Å². The second-order valence-electron chi connectivity index (χ2n) is 1.06. The fraction of sp³-hybridized carbons (Fsp3) is 1.00. The van der Waals surface area contributed by atoms with Crippen LogP contribution in [0.3, 0.4) is 0 Å². The standard InChI is InChI=1S/CH3Cl2FN2OS2/c2-1(3)6(4)9(5,7)8/h1H,(H2,5,7,8). The van der Waals surface area contributed by atoms with E-state index in [0.29, 0.717) is 0 Å². The number of rotatable bonds is 2. The Hall–Kier alpha value is 0.800. The highest BCUT2D eigenvalue weighted by Gasteiger charge is 2.19. The van der Waals surface area contributed by atoms with Gasteiger partial charge >= 0.3 is 0 Å². The van der Waals surface area contributed by atoms with Crippen molar-refractivity contribution in [3.63, 3.8) is 0 Å². The molecule has 0 aromatic rings. The van der Waals surface area contributed by atoms with Crippen LogP contribution in [0.4, 0.5) is 4.48 Å². The summed E-state index contributed by atoms with van der Waals surface area (Å²) in [6, 6.07) is 0. The molecule has 0 saturated carbocycles. The first kappa shape index (κ1) is 9.80. The van der Waals surface area contributed by atoms with E-state index in [1.165, 1.54) is 0 Å². The van der Waals surface area contributed by atoms with Crippen molar-refractivity contribution in [2.24, 2.45) is 5.14 Å². The fourth-order valence-corrected chi connectivity index (χ4v) is 1.59. The molecule has 1 atom stereocenters. The molecule has 0 bridgehead atoms. The van der Waals surface area contributed by atoms with Crippen LogP contribution in [0.2, 0.25) is 0 Å². The Kier molecular flexibility index (Phi) is 3.56. The van der Waals surface area contributed by atoms with Gasteiger partial charge in [-0.15, -0.1) is 4.48 Å². The van der Waals surface area contributed by atoms with Crippen molar-refractivity contribution in [1.82, 2.24) is 4.53 Å². The van der Waals surface area contributed by atoms with E-state index in [-0.39, 0.29) is 0 Å². The van der Waals surface area contributed by atoms with Crippen LogP contribution < -0.4 is 5.14 Å². The molecule has 3 nitrogen and oxygen atoms in total. The SMILES string of the molecule is NS(=O)(=S)N(F)C(Cl)Cl. The Morgan fingerprint density at radius 3 is 2.11 bits per heavy atom. The minimum absolute atomic E-state index is 0.495. The van der Waals surface area contributed by atoms with Gasteiger partial charge in [-0.05, 0) is 4.53 Å². The van der Waals surface area contributed by atoms with Crippen LogP contribution in [0, 0.1) is 0 Å². The van der Waals surface area contributed by atoms with Crippen LogP contribution in [-0.4, -0.2) is 13.7 Å². The van der Waals surface area contributed by atoms with Crippen molar-refractivity contribution in [3.8, 4) is 0 Å². The van der Waals surface area contributed by atoms with Gasteiger partial charge in [-0.25, -0.2) is 9.35 Å². The molecule has 0 amide bonds. The van der Waals surface area contributed by atoms with E-state index in [1.54, 1.807) is 0 Å². The minimum Gasteiger partial charge on any atom is -0.236 e. The molecule has 8 heteroatoms. The van der Waals surface area contributed by atoms with Crippen LogP contribution in [-0.2, 0) is 20.1 Å². The molecule has 0 aliphatic carbocycles. The van der Waals surface area contributed by atoms with Crippen molar-refractivity contribution in [2.45, 2.75) is 4.96 Å². The first-order chi connectivity index (χ1) is 3.85. The van der Waals surface area contributed by atoms with Gasteiger partial charge in [0.05, 0.1) is 0 Å². The molecule has 0 aromatic carbocycles. The maximum atomic E-state index is 12.1. The molecule has 1 unspecified atom stereocenters. The van der Waals surface area contributed by atoms with Gasteiger partial charge in [0.15, 0.2) is 8.86 Å². The number of alkyl halides is 2. The average Bonchev–Trinajstić information content (AvgIpc) is 1.62. The van der Waals surface area contributed by atoms with Crippen molar-refractivity contribution >= 4 is 43.3 Å². The van der Waals surface area contributed by atoms with Crippen LogP contribution in [0.5, 0.6) is 0 Å². The van der Waals surface area contributed by atoms with E-state index in [9.17, 15) is 8.69 Å². The maximum Gasteiger partial charge on any atom is 0.202 e. The maximum absolute atomic E-state index is 12.1. The number of nitrogens with zero attached hydrogens (tertiary/aromatic N) is 1. The summed E-state index contributed by atoms with van der Waals surface area (Å²) in [6.07, 6.45) is 0. The molecular weight excluding hydrogens is 210 g/mol. The molecule has 2 N–H and O–H groups in total. The lowest BCUT2D eigenvalue weighted by Crippen LogP contribution is -2.31. The lowest BCUT2D eigenvalue weighted by Gasteiger charge is -2.09. The van der Waals surface area contributed by atoms with Crippen LogP contribution in [0.25, 0.3) is 0 Å². The lowest BCUT2D eigenvalue weighted by atomic mass is 11.5. The van der Waals surface area contributed by atoms with Gasteiger partial charge in [0.1, 0.15) is 0 Å². The number of nitrogens with two attached hydrogens (primary N) is 1. The van der Waals surface area contributed by atoms with Crippen molar-refractivity contribution in [3.05, 3.63) is 0 Å². The molecule has 56 valence electrons. The molecule has 0 spiro atoms.